The Morgan fingerprint density at radius 1 is 1.15 bits per heavy atom. The third kappa shape index (κ3) is 5.71. The number of hydrogen-bond acceptors (Lipinski definition) is 3. The van der Waals surface area contributed by atoms with Gasteiger partial charge in [0, 0.05) is 6.54 Å². The number of aryl methyl sites for hydroxylation is 1. The number of Topliss-reactive ketones (excluding diaryl/α,β-unsaturated/α-hetero) is 1. The molecular formula is C13H20F3N3O. The van der Waals surface area contributed by atoms with E-state index in [-0.39, 0.29) is 0 Å². The maximum Gasteiger partial charge on any atom is 0.456 e. The van der Waals surface area contributed by atoms with E-state index in [0.29, 0.717) is 6.54 Å². The molecule has 0 aliphatic carbocycles. The van der Waals surface area contributed by atoms with Crippen molar-refractivity contribution in [3.63, 3.8) is 0 Å². The van der Waals surface area contributed by atoms with Crippen molar-refractivity contribution in [2.24, 2.45) is 0 Å². The van der Waals surface area contributed by atoms with E-state index in [1.165, 1.54) is 30.4 Å². The molecule has 4 nitrogen and oxygen atoms in total. The maximum absolute atomic E-state index is 12.2. The van der Waals surface area contributed by atoms with Gasteiger partial charge in [-0.3, -0.25) is 9.48 Å². The predicted molar refractivity (Wildman–Crippen MR) is 68.4 cm³/mol. The second kappa shape index (κ2) is 8.01. The van der Waals surface area contributed by atoms with Crippen molar-refractivity contribution >= 4 is 5.78 Å². The van der Waals surface area contributed by atoms with E-state index in [4.69, 9.17) is 0 Å². The second-order valence-corrected chi connectivity index (χ2v) is 4.82. The van der Waals surface area contributed by atoms with Gasteiger partial charge in [0.05, 0.1) is 6.20 Å². The molecule has 0 aliphatic rings. The van der Waals surface area contributed by atoms with Crippen LogP contribution in [0.4, 0.5) is 13.2 Å². The summed E-state index contributed by atoms with van der Waals surface area (Å²) in [5, 5.41) is 6.81. The van der Waals surface area contributed by atoms with Gasteiger partial charge >= 0.3 is 6.18 Å². The molecule has 7 heteroatoms. The summed E-state index contributed by atoms with van der Waals surface area (Å²) in [4.78, 5) is 10.9. The van der Waals surface area contributed by atoms with Crippen LogP contribution < -0.4 is 0 Å². The zero-order valence-electron chi connectivity index (χ0n) is 11.6. The molecule has 20 heavy (non-hydrogen) atoms. The van der Waals surface area contributed by atoms with Crippen molar-refractivity contribution in [1.82, 2.24) is 15.0 Å². The van der Waals surface area contributed by atoms with E-state index in [1.54, 1.807) is 0 Å². The zero-order valence-corrected chi connectivity index (χ0v) is 11.6. The number of rotatable bonds is 9. The first-order chi connectivity index (χ1) is 9.45. The molecule has 0 amide bonds. The molecule has 1 aromatic rings. The summed E-state index contributed by atoms with van der Waals surface area (Å²) in [6, 6.07) is 0. The molecule has 1 heterocycles. The highest BCUT2D eigenvalue weighted by Crippen LogP contribution is 2.19. The van der Waals surface area contributed by atoms with Crippen molar-refractivity contribution in [2.45, 2.75) is 64.6 Å². The summed E-state index contributed by atoms with van der Waals surface area (Å²) >= 11 is 0. The quantitative estimate of drug-likeness (QED) is 0.514. The minimum absolute atomic E-state index is 0.492. The Hall–Kier alpha value is -1.40. The first kappa shape index (κ1) is 16.7. The minimum Gasteiger partial charge on any atom is -0.282 e. The highest BCUT2D eigenvalue weighted by atomic mass is 19.4. The van der Waals surface area contributed by atoms with Crippen LogP contribution in [-0.4, -0.2) is 27.0 Å². The van der Waals surface area contributed by atoms with Gasteiger partial charge in [0.15, 0.2) is 5.69 Å². The summed E-state index contributed by atoms with van der Waals surface area (Å²) in [7, 11) is 0. The summed E-state index contributed by atoms with van der Waals surface area (Å²) in [6.45, 7) is 2.65. The fourth-order valence-corrected chi connectivity index (χ4v) is 1.89. The highest BCUT2D eigenvalue weighted by Gasteiger charge is 2.41. The van der Waals surface area contributed by atoms with Gasteiger partial charge in [-0.25, -0.2) is 0 Å². The number of alkyl halides is 3. The molecule has 0 radical (unpaired) electrons. The molecule has 0 unspecified atom stereocenters. The standard InChI is InChI=1S/C13H20F3N3O/c1-2-3-4-5-6-7-8-9-19-10-11(17-18-19)12(20)13(14,15)16/h10H,2-9H2,1H3. The number of halogens is 3. The van der Waals surface area contributed by atoms with Crippen LogP contribution in [0.2, 0.25) is 0 Å². The van der Waals surface area contributed by atoms with E-state index < -0.39 is 17.7 Å². The second-order valence-electron chi connectivity index (χ2n) is 4.82. The number of carbonyl (C=O) groups is 1. The molecule has 0 spiro atoms. The van der Waals surface area contributed by atoms with Crippen molar-refractivity contribution in [1.29, 1.82) is 0 Å². The molecule has 0 aromatic carbocycles. The van der Waals surface area contributed by atoms with Gasteiger partial charge in [0.2, 0.25) is 0 Å². The van der Waals surface area contributed by atoms with Crippen LogP contribution in [0, 0.1) is 0 Å². The Balaban J connectivity index is 2.26. The molecule has 1 aromatic heterocycles. The zero-order chi connectivity index (χ0) is 15.0. The molecule has 0 N–H and O–H groups in total. The number of aromatic nitrogens is 3. The van der Waals surface area contributed by atoms with E-state index in [0.717, 1.165) is 25.5 Å². The highest BCUT2D eigenvalue weighted by molar-refractivity contribution is 5.98. The smallest absolute Gasteiger partial charge is 0.282 e. The Morgan fingerprint density at radius 3 is 2.35 bits per heavy atom. The first-order valence-corrected chi connectivity index (χ1v) is 6.96. The van der Waals surface area contributed by atoms with Crippen LogP contribution in [0.3, 0.4) is 0 Å². The fourth-order valence-electron chi connectivity index (χ4n) is 1.89. The van der Waals surface area contributed by atoms with Gasteiger partial charge in [-0.05, 0) is 6.42 Å². The monoisotopic (exact) mass is 291 g/mol. The van der Waals surface area contributed by atoms with Crippen molar-refractivity contribution in [3.8, 4) is 0 Å². The fraction of sp³-hybridized carbons (Fsp3) is 0.769. The van der Waals surface area contributed by atoms with Gasteiger partial charge in [-0.1, -0.05) is 50.7 Å². The van der Waals surface area contributed by atoms with Gasteiger partial charge in [-0.15, -0.1) is 5.10 Å². The number of hydrogen-bond donors (Lipinski definition) is 0. The molecule has 0 fully saturated rings. The number of carbonyl (C=O) groups excluding carboxylic acids is 1. The third-order valence-corrected chi connectivity index (χ3v) is 3.02. The van der Waals surface area contributed by atoms with Gasteiger partial charge in [0.1, 0.15) is 0 Å². The predicted octanol–water partition coefficient (Wildman–Crippen LogP) is 3.77. The van der Waals surface area contributed by atoms with Crippen molar-refractivity contribution < 1.29 is 18.0 Å². The van der Waals surface area contributed by atoms with E-state index in [9.17, 15) is 18.0 Å². The van der Waals surface area contributed by atoms with Gasteiger partial charge in [-0.2, -0.15) is 13.2 Å². The van der Waals surface area contributed by atoms with Crippen LogP contribution >= 0.6 is 0 Å². The number of unbranched alkanes of at least 4 members (excludes halogenated alkanes) is 6. The lowest BCUT2D eigenvalue weighted by Crippen LogP contribution is -2.23. The topological polar surface area (TPSA) is 47.8 Å². The SMILES string of the molecule is CCCCCCCCCn1cc(C(=O)C(F)(F)F)nn1. The molecular weight excluding hydrogens is 271 g/mol. The summed E-state index contributed by atoms with van der Waals surface area (Å²) in [6.07, 6.45) is 3.98. The van der Waals surface area contributed by atoms with Crippen LogP contribution in [0.25, 0.3) is 0 Å². The van der Waals surface area contributed by atoms with E-state index >= 15 is 0 Å². The number of ketones is 1. The minimum atomic E-state index is -4.89. The van der Waals surface area contributed by atoms with Crippen LogP contribution in [-0.2, 0) is 6.54 Å². The van der Waals surface area contributed by atoms with Crippen molar-refractivity contribution in [2.75, 3.05) is 0 Å². The van der Waals surface area contributed by atoms with Crippen LogP contribution in [0.5, 0.6) is 0 Å². The summed E-state index contributed by atoms with van der Waals surface area (Å²) < 4.78 is 37.8. The molecule has 1 rings (SSSR count). The Morgan fingerprint density at radius 2 is 1.75 bits per heavy atom. The third-order valence-electron chi connectivity index (χ3n) is 3.02. The molecule has 0 saturated heterocycles. The molecule has 0 atom stereocenters. The molecule has 0 saturated carbocycles. The Labute approximate surface area is 116 Å². The van der Waals surface area contributed by atoms with Crippen LogP contribution in [0.15, 0.2) is 6.20 Å². The number of nitrogens with zero attached hydrogens (tertiary/aromatic N) is 3. The Kier molecular flexibility index (Phi) is 6.67. The normalized spacial score (nSPS) is 11.8. The lowest BCUT2D eigenvalue weighted by molar-refractivity contribution is -0.0888. The van der Waals surface area contributed by atoms with E-state index in [1.807, 2.05) is 0 Å². The van der Waals surface area contributed by atoms with Crippen molar-refractivity contribution in [3.05, 3.63) is 11.9 Å². The van der Waals surface area contributed by atoms with Crippen LogP contribution in [0.1, 0.15) is 62.4 Å². The lowest BCUT2D eigenvalue weighted by atomic mass is 10.1. The summed E-state index contributed by atoms with van der Waals surface area (Å²) in [5.74, 6) is -1.94. The first-order valence-electron chi connectivity index (χ1n) is 6.96. The molecule has 114 valence electrons. The average molecular weight is 291 g/mol. The molecule has 0 bridgehead atoms. The average Bonchev–Trinajstić information content (AvgIpc) is 2.84. The largest absolute Gasteiger partial charge is 0.456 e. The van der Waals surface area contributed by atoms with Gasteiger partial charge < -0.3 is 0 Å². The van der Waals surface area contributed by atoms with Gasteiger partial charge in [0.25, 0.3) is 5.78 Å². The Bertz CT molecular complexity index is 415. The van der Waals surface area contributed by atoms with E-state index in [2.05, 4.69) is 17.2 Å². The maximum atomic E-state index is 12.2. The lowest BCUT2D eigenvalue weighted by Gasteiger charge is -2.01. The molecule has 0 aliphatic heterocycles. The summed E-state index contributed by atoms with van der Waals surface area (Å²) in [5.41, 5.74) is -0.638.